The van der Waals surface area contributed by atoms with Crippen molar-refractivity contribution in [3.63, 3.8) is 0 Å². The second-order valence-electron chi connectivity index (χ2n) is 6.05. The average Bonchev–Trinajstić information content (AvgIpc) is 2.56. The summed E-state index contributed by atoms with van der Waals surface area (Å²) in [5, 5.41) is 1.14. The molecule has 1 atom stereocenters. The smallest absolute Gasteiger partial charge is 0.300 e. The first-order valence-corrected chi connectivity index (χ1v) is 8.87. The molecule has 1 amide bonds. The highest BCUT2D eigenvalue weighted by atomic mass is 79.9. The first-order valence-electron chi connectivity index (χ1n) is 8.08. The third kappa shape index (κ3) is 2.69. The zero-order valence-electron chi connectivity index (χ0n) is 14.4. The van der Waals surface area contributed by atoms with Crippen LogP contribution in [0.25, 0.3) is 0 Å². The van der Waals surface area contributed by atoms with Crippen LogP contribution in [0, 0.1) is 0 Å². The predicted molar refractivity (Wildman–Crippen MR) is 91.6 cm³/mol. The maximum absolute atomic E-state index is 13.0. The summed E-state index contributed by atoms with van der Waals surface area (Å²) in [7, 11) is 2.90. The van der Waals surface area contributed by atoms with Crippen LogP contribution < -0.4 is 10.2 Å². The fraction of sp³-hybridized carbons (Fsp3) is 0.625. The van der Waals surface area contributed by atoms with Crippen molar-refractivity contribution < 1.29 is 23.8 Å². The van der Waals surface area contributed by atoms with Crippen molar-refractivity contribution in [2.24, 2.45) is 0 Å². The topological polar surface area (TPSA) is 79.2 Å². The second-order valence-corrected chi connectivity index (χ2v) is 6.91. The van der Waals surface area contributed by atoms with Crippen LogP contribution in [0.15, 0.2) is 15.5 Å². The lowest BCUT2D eigenvalue weighted by molar-refractivity contribution is -0.283. The van der Waals surface area contributed by atoms with E-state index in [1.165, 1.54) is 14.2 Å². The number of halogens is 1. The molecule has 8 nitrogen and oxygen atoms in total. The lowest BCUT2D eigenvalue weighted by atomic mass is 9.90. The third-order valence-electron chi connectivity index (χ3n) is 4.55. The lowest BCUT2D eigenvalue weighted by Gasteiger charge is -2.53. The van der Waals surface area contributed by atoms with Crippen LogP contribution in [0.3, 0.4) is 0 Å². The third-order valence-corrected chi connectivity index (χ3v) is 5.11. The van der Waals surface area contributed by atoms with E-state index in [-0.39, 0.29) is 16.9 Å². The molecule has 2 aliphatic heterocycles. The minimum Gasteiger partial charge on any atom is -0.487 e. The number of nitrogens with zero attached hydrogens (tertiary/aromatic N) is 2. The van der Waals surface area contributed by atoms with Gasteiger partial charge in [0, 0.05) is 13.3 Å². The van der Waals surface area contributed by atoms with E-state index in [1.54, 1.807) is 10.8 Å². The Morgan fingerprint density at radius 1 is 1.36 bits per heavy atom. The summed E-state index contributed by atoms with van der Waals surface area (Å²) in [4.78, 5) is 30.8. The van der Waals surface area contributed by atoms with Crippen LogP contribution in [0.1, 0.15) is 30.3 Å². The van der Waals surface area contributed by atoms with Gasteiger partial charge in [-0.25, -0.2) is 0 Å². The Balaban J connectivity index is 2.20. The number of fused-ring (bicyclic) bond motifs is 2. The SMILES string of the molecule is CCCCOc1c2n(cc(Br)c1=O)C1(COC1)C(OC)N(OC)C2=O. The van der Waals surface area contributed by atoms with E-state index >= 15 is 0 Å². The Bertz CT molecular complexity index is 730. The highest BCUT2D eigenvalue weighted by Gasteiger charge is 2.57. The van der Waals surface area contributed by atoms with E-state index in [1.807, 2.05) is 6.92 Å². The lowest BCUT2D eigenvalue weighted by Crippen LogP contribution is -2.70. The zero-order valence-corrected chi connectivity index (χ0v) is 16.0. The highest BCUT2D eigenvalue weighted by Crippen LogP contribution is 2.41. The number of rotatable bonds is 6. The maximum Gasteiger partial charge on any atom is 0.300 e. The molecule has 1 aromatic heterocycles. The molecule has 1 saturated heterocycles. The monoisotopic (exact) mass is 416 g/mol. The van der Waals surface area contributed by atoms with Crippen molar-refractivity contribution in [1.29, 1.82) is 0 Å². The Morgan fingerprint density at radius 3 is 2.60 bits per heavy atom. The number of amides is 1. The number of unbranched alkanes of at least 4 members (excludes halogenated alkanes) is 1. The summed E-state index contributed by atoms with van der Waals surface area (Å²) in [6.07, 6.45) is 2.62. The molecule has 25 heavy (non-hydrogen) atoms. The van der Waals surface area contributed by atoms with Crippen LogP contribution >= 0.6 is 15.9 Å². The van der Waals surface area contributed by atoms with Crippen molar-refractivity contribution in [1.82, 2.24) is 9.63 Å². The number of methoxy groups -OCH3 is 1. The van der Waals surface area contributed by atoms with Gasteiger partial charge in [0.1, 0.15) is 5.54 Å². The maximum atomic E-state index is 13.0. The van der Waals surface area contributed by atoms with Gasteiger partial charge in [-0.2, -0.15) is 5.06 Å². The predicted octanol–water partition coefficient (Wildman–Crippen LogP) is 1.50. The molecule has 2 aliphatic rings. The van der Waals surface area contributed by atoms with Gasteiger partial charge in [0.25, 0.3) is 0 Å². The van der Waals surface area contributed by atoms with Crippen molar-refractivity contribution in [2.45, 2.75) is 31.5 Å². The Morgan fingerprint density at radius 2 is 2.08 bits per heavy atom. The Labute approximate surface area is 153 Å². The molecule has 1 aromatic rings. The molecule has 0 saturated carbocycles. The van der Waals surface area contributed by atoms with E-state index in [0.717, 1.165) is 17.9 Å². The normalized spacial score (nSPS) is 21.2. The van der Waals surface area contributed by atoms with Gasteiger partial charge in [-0.15, -0.1) is 0 Å². The molecule has 3 heterocycles. The van der Waals surface area contributed by atoms with Crippen molar-refractivity contribution in [3.05, 3.63) is 26.6 Å². The van der Waals surface area contributed by atoms with Crippen LogP contribution in [0.2, 0.25) is 0 Å². The van der Waals surface area contributed by atoms with Crippen molar-refractivity contribution >= 4 is 21.8 Å². The molecule has 138 valence electrons. The molecule has 3 rings (SSSR count). The highest BCUT2D eigenvalue weighted by molar-refractivity contribution is 9.10. The van der Waals surface area contributed by atoms with Gasteiger partial charge >= 0.3 is 5.91 Å². The number of hydrogen-bond acceptors (Lipinski definition) is 6. The molecule has 0 aromatic carbocycles. The quantitative estimate of drug-likeness (QED) is 0.653. The number of hydrogen-bond donors (Lipinski definition) is 0. The Hall–Kier alpha value is -1.42. The summed E-state index contributed by atoms with van der Waals surface area (Å²) < 4.78 is 18.7. The molecule has 1 spiro atoms. The van der Waals surface area contributed by atoms with E-state index in [2.05, 4.69) is 15.9 Å². The van der Waals surface area contributed by atoms with Gasteiger partial charge in [-0.1, -0.05) is 13.3 Å². The molecule has 0 radical (unpaired) electrons. The summed E-state index contributed by atoms with van der Waals surface area (Å²) >= 11 is 3.28. The number of pyridine rings is 1. The number of carbonyl (C=O) groups is 1. The number of hydroxylamine groups is 2. The minimum atomic E-state index is -0.677. The second kappa shape index (κ2) is 7.06. The standard InChI is InChI=1S/C16H21BrN2O6/c1-4-5-6-25-13-11-14(21)19(23-3)15(22-2)16(8-24-9-16)18(11)7-10(17)12(13)20/h7,15H,4-6,8-9H2,1-3H3. The van der Waals surface area contributed by atoms with Gasteiger partial charge in [-0.3, -0.25) is 14.4 Å². The number of carbonyl (C=O) groups excluding carboxylic acids is 1. The van der Waals surface area contributed by atoms with Crippen molar-refractivity contribution in [2.75, 3.05) is 34.0 Å². The largest absolute Gasteiger partial charge is 0.487 e. The molecule has 9 heteroatoms. The van der Waals surface area contributed by atoms with Crippen molar-refractivity contribution in [3.8, 4) is 5.75 Å². The fourth-order valence-corrected chi connectivity index (χ4v) is 3.59. The number of ether oxygens (including phenoxy) is 3. The van der Waals surface area contributed by atoms with Crippen LogP contribution in [0.4, 0.5) is 0 Å². The summed E-state index contributed by atoms with van der Waals surface area (Å²) in [5.74, 6) is -0.460. The van der Waals surface area contributed by atoms with E-state index < -0.39 is 17.7 Å². The summed E-state index contributed by atoms with van der Waals surface area (Å²) in [5.41, 5.74) is -0.881. The molecule has 1 unspecified atom stereocenters. The average molecular weight is 417 g/mol. The van der Waals surface area contributed by atoms with Crippen LogP contribution in [-0.4, -0.2) is 55.8 Å². The summed E-state index contributed by atoms with van der Waals surface area (Å²) in [6.45, 7) is 3.03. The van der Waals surface area contributed by atoms with Gasteiger partial charge < -0.3 is 18.8 Å². The summed E-state index contributed by atoms with van der Waals surface area (Å²) in [6, 6.07) is 0. The molecule has 1 fully saturated rings. The van der Waals surface area contributed by atoms with Crippen LogP contribution in [0.5, 0.6) is 5.75 Å². The molecule has 0 aliphatic carbocycles. The number of aromatic nitrogens is 1. The molecule has 0 bridgehead atoms. The molecular formula is C16H21BrN2O6. The first-order chi connectivity index (χ1) is 12.0. The van der Waals surface area contributed by atoms with Crippen LogP contribution in [-0.2, 0) is 19.9 Å². The van der Waals surface area contributed by atoms with Gasteiger partial charge in [0.15, 0.2) is 17.7 Å². The minimum absolute atomic E-state index is 0.0238. The van der Waals surface area contributed by atoms with Gasteiger partial charge in [0.05, 0.1) is 31.4 Å². The molecule has 0 N–H and O–H groups in total. The fourth-order valence-electron chi connectivity index (χ4n) is 3.20. The van der Waals surface area contributed by atoms with Gasteiger partial charge in [0.2, 0.25) is 5.43 Å². The van der Waals surface area contributed by atoms with E-state index in [9.17, 15) is 9.59 Å². The Kier molecular flexibility index (Phi) is 5.19. The molecular weight excluding hydrogens is 396 g/mol. The zero-order chi connectivity index (χ0) is 18.2. The van der Waals surface area contributed by atoms with Gasteiger partial charge in [-0.05, 0) is 22.4 Å². The first kappa shape index (κ1) is 18.4. The van der Waals surface area contributed by atoms with E-state index in [4.69, 9.17) is 19.0 Å². The van der Waals surface area contributed by atoms with E-state index in [0.29, 0.717) is 24.3 Å².